The highest BCUT2D eigenvalue weighted by atomic mass is 32.2. The summed E-state index contributed by atoms with van der Waals surface area (Å²) in [6.45, 7) is 8.14. The summed E-state index contributed by atoms with van der Waals surface area (Å²) in [5.41, 5.74) is -0.697. The molecular weight excluding hydrogens is 410 g/mol. The van der Waals surface area contributed by atoms with E-state index in [0.717, 1.165) is 19.3 Å². The number of unbranched alkanes of at least 4 members (excludes halogenated alkanes) is 1. The van der Waals surface area contributed by atoms with Gasteiger partial charge in [0.15, 0.2) is 0 Å². The van der Waals surface area contributed by atoms with Gasteiger partial charge in [-0.15, -0.1) is 0 Å². The van der Waals surface area contributed by atoms with Crippen LogP contribution in [0.25, 0.3) is 0 Å². The van der Waals surface area contributed by atoms with Gasteiger partial charge in [0.1, 0.15) is 22.4 Å². The van der Waals surface area contributed by atoms with Gasteiger partial charge in [-0.25, -0.2) is 4.21 Å². The second-order valence-electron chi connectivity index (χ2n) is 8.46. The quantitative estimate of drug-likeness (QED) is 0.431. The van der Waals surface area contributed by atoms with Crippen molar-refractivity contribution in [1.29, 1.82) is 0 Å². The average Bonchev–Trinajstić information content (AvgIpc) is 2.72. The first-order valence-corrected chi connectivity index (χ1v) is 11.6. The molecule has 1 aromatic carbocycles. The van der Waals surface area contributed by atoms with Gasteiger partial charge in [0.05, 0.1) is 11.4 Å². The Balaban J connectivity index is 2.38. The Labute approximate surface area is 180 Å². The van der Waals surface area contributed by atoms with Gasteiger partial charge in [-0.2, -0.15) is 13.2 Å². The summed E-state index contributed by atoms with van der Waals surface area (Å²) in [7, 11) is -1.94. The molecule has 5 nitrogen and oxygen atoms in total. The van der Waals surface area contributed by atoms with Crippen molar-refractivity contribution in [2.24, 2.45) is 4.40 Å². The van der Waals surface area contributed by atoms with E-state index in [1.165, 1.54) is 17.0 Å². The zero-order valence-corrected chi connectivity index (χ0v) is 19.1. The van der Waals surface area contributed by atoms with E-state index in [2.05, 4.69) is 4.40 Å². The molecule has 1 unspecified atom stereocenters. The van der Waals surface area contributed by atoms with Crippen LogP contribution in [0.1, 0.15) is 65.4 Å². The van der Waals surface area contributed by atoms with Crippen molar-refractivity contribution in [3.8, 4) is 5.75 Å². The first-order chi connectivity index (χ1) is 14.1. The van der Waals surface area contributed by atoms with Gasteiger partial charge in [0, 0.05) is 18.7 Å². The van der Waals surface area contributed by atoms with Crippen LogP contribution in [0.2, 0.25) is 0 Å². The van der Waals surface area contributed by atoms with Crippen molar-refractivity contribution in [1.82, 2.24) is 4.90 Å². The Morgan fingerprint density at radius 1 is 1.13 bits per heavy atom. The minimum absolute atomic E-state index is 0.0609. The molecule has 0 spiro atoms. The second kappa shape index (κ2) is 10.5. The van der Waals surface area contributed by atoms with Crippen molar-refractivity contribution >= 4 is 22.6 Å². The average molecular weight is 443 g/mol. The number of rotatable bonds is 8. The topological polar surface area (TPSA) is 59.0 Å². The molecule has 168 valence electrons. The maximum atomic E-state index is 15.4. The van der Waals surface area contributed by atoms with E-state index in [9.17, 15) is 9.00 Å². The Morgan fingerprint density at radius 2 is 1.73 bits per heavy atom. The minimum atomic E-state index is -3.87. The number of carbonyl (C=O) groups is 1. The largest absolute Gasteiger partial charge is 0.494 e. The molecule has 0 aliphatic carbocycles. The predicted molar refractivity (Wildman–Crippen MR) is 117 cm³/mol. The molecule has 1 heterocycles. The van der Waals surface area contributed by atoms with E-state index in [4.69, 9.17) is 4.74 Å². The van der Waals surface area contributed by atoms with E-state index >= 15 is 8.78 Å². The van der Waals surface area contributed by atoms with E-state index in [0.29, 0.717) is 38.3 Å². The lowest BCUT2D eigenvalue weighted by atomic mass is 10.0. The van der Waals surface area contributed by atoms with Gasteiger partial charge in [-0.05, 0) is 70.7 Å². The highest BCUT2D eigenvalue weighted by Crippen LogP contribution is 2.28. The summed E-state index contributed by atoms with van der Waals surface area (Å²) in [5.74, 6) is -4.60. The van der Waals surface area contributed by atoms with Gasteiger partial charge >= 0.3 is 5.92 Å². The maximum absolute atomic E-state index is 15.4. The maximum Gasteiger partial charge on any atom is 0.367 e. The van der Waals surface area contributed by atoms with Crippen LogP contribution in [0.4, 0.5) is 8.78 Å². The first-order valence-electron chi connectivity index (χ1n) is 10.5. The van der Waals surface area contributed by atoms with Gasteiger partial charge in [0.25, 0.3) is 5.91 Å². The lowest BCUT2D eigenvalue weighted by molar-refractivity contribution is -0.149. The summed E-state index contributed by atoms with van der Waals surface area (Å²) in [6, 6.07) is 6.03. The van der Waals surface area contributed by atoms with E-state index in [-0.39, 0.29) is 5.56 Å². The molecule has 1 aliphatic rings. The molecule has 1 amide bonds. The molecule has 0 N–H and O–H groups in total. The Hall–Kier alpha value is -1.83. The summed E-state index contributed by atoms with van der Waals surface area (Å²) in [4.78, 5) is 13.9. The van der Waals surface area contributed by atoms with Gasteiger partial charge < -0.3 is 9.64 Å². The first kappa shape index (κ1) is 24.4. The normalized spacial score (nSPS) is 17.0. The van der Waals surface area contributed by atoms with Crippen LogP contribution < -0.4 is 4.74 Å². The lowest BCUT2D eigenvalue weighted by Crippen LogP contribution is -2.50. The van der Waals surface area contributed by atoms with Gasteiger partial charge in [-0.1, -0.05) is 13.3 Å². The SMILES string of the molecule is CCCCOc1ccc(C(=NS(=O)C(C)(C)C)C(F)(F)C(=O)N2CCCCC2)cc1. The molecule has 1 atom stereocenters. The number of amides is 1. The van der Waals surface area contributed by atoms with Crippen LogP contribution in [0, 0.1) is 0 Å². The molecule has 1 saturated heterocycles. The van der Waals surface area contributed by atoms with Crippen LogP contribution in [0.15, 0.2) is 28.7 Å². The lowest BCUT2D eigenvalue weighted by Gasteiger charge is -2.30. The van der Waals surface area contributed by atoms with Crippen LogP contribution in [0.3, 0.4) is 0 Å². The molecular formula is C22H32F2N2O3S. The molecule has 1 aliphatic heterocycles. The second-order valence-corrected chi connectivity index (χ2v) is 10.4. The van der Waals surface area contributed by atoms with E-state index < -0.39 is 33.3 Å². The number of hydrogen-bond acceptors (Lipinski definition) is 3. The van der Waals surface area contributed by atoms with E-state index in [1.807, 2.05) is 6.92 Å². The molecule has 1 aromatic rings. The highest BCUT2D eigenvalue weighted by molar-refractivity contribution is 7.85. The third kappa shape index (κ3) is 6.33. The predicted octanol–water partition coefficient (Wildman–Crippen LogP) is 4.76. The van der Waals surface area contributed by atoms with Crippen LogP contribution in [0.5, 0.6) is 5.75 Å². The number of carbonyl (C=O) groups excluding carboxylic acids is 1. The summed E-state index contributed by atoms with van der Waals surface area (Å²) in [5, 5.41) is 0. The van der Waals surface area contributed by atoms with Gasteiger partial charge in [-0.3, -0.25) is 4.79 Å². The monoisotopic (exact) mass is 442 g/mol. The molecule has 30 heavy (non-hydrogen) atoms. The number of alkyl halides is 2. The van der Waals surface area contributed by atoms with Crippen molar-refractivity contribution < 1.29 is 22.5 Å². The summed E-state index contributed by atoms with van der Waals surface area (Å²) in [6.07, 6.45) is 4.20. The third-order valence-corrected chi connectivity index (χ3v) is 6.20. The Morgan fingerprint density at radius 3 is 2.27 bits per heavy atom. The number of piperidine rings is 1. The van der Waals surface area contributed by atoms with Crippen LogP contribution in [-0.2, 0) is 15.8 Å². The fraction of sp³-hybridized carbons (Fsp3) is 0.636. The smallest absolute Gasteiger partial charge is 0.367 e. The zero-order valence-electron chi connectivity index (χ0n) is 18.2. The Kier molecular flexibility index (Phi) is 8.52. The highest BCUT2D eigenvalue weighted by Gasteiger charge is 2.48. The van der Waals surface area contributed by atoms with E-state index in [1.54, 1.807) is 32.9 Å². The molecule has 0 bridgehead atoms. The van der Waals surface area contributed by atoms with Crippen molar-refractivity contribution in [2.45, 2.75) is 70.5 Å². The van der Waals surface area contributed by atoms with Crippen LogP contribution >= 0.6 is 0 Å². The molecule has 0 aromatic heterocycles. The number of nitrogens with zero attached hydrogens (tertiary/aromatic N) is 2. The van der Waals surface area contributed by atoms with Crippen LogP contribution in [-0.4, -0.2) is 51.1 Å². The minimum Gasteiger partial charge on any atom is -0.494 e. The number of halogens is 2. The number of ether oxygens (including phenoxy) is 1. The van der Waals surface area contributed by atoms with Crippen molar-refractivity contribution in [2.75, 3.05) is 19.7 Å². The summed E-state index contributed by atoms with van der Waals surface area (Å²) < 4.78 is 51.9. The summed E-state index contributed by atoms with van der Waals surface area (Å²) >= 11 is 0. The molecule has 0 radical (unpaired) electrons. The number of likely N-dealkylation sites (tertiary alicyclic amines) is 1. The Bertz CT molecular complexity index is 768. The molecule has 8 heteroatoms. The fourth-order valence-electron chi connectivity index (χ4n) is 2.95. The fourth-order valence-corrected chi connectivity index (χ4v) is 3.61. The molecule has 0 saturated carbocycles. The number of benzene rings is 1. The molecule has 2 rings (SSSR count). The van der Waals surface area contributed by atoms with Crippen molar-refractivity contribution in [3.63, 3.8) is 0 Å². The van der Waals surface area contributed by atoms with Crippen molar-refractivity contribution in [3.05, 3.63) is 29.8 Å². The number of hydrogen-bond donors (Lipinski definition) is 0. The molecule has 1 fully saturated rings. The third-order valence-electron chi connectivity index (χ3n) is 4.80. The van der Waals surface area contributed by atoms with Gasteiger partial charge in [0.2, 0.25) is 0 Å². The standard InChI is InChI=1S/C22H32F2N2O3S/c1-5-6-16-29-18-12-10-17(11-13-18)19(25-30(28)21(2,3)4)22(23,24)20(27)26-14-8-7-9-15-26/h10-13H,5-9,14-16H2,1-4H3. The zero-order chi connectivity index (χ0) is 22.4.